The van der Waals surface area contributed by atoms with Crippen LogP contribution in [0, 0.1) is 5.82 Å². The first-order valence-corrected chi connectivity index (χ1v) is 9.66. The lowest BCUT2D eigenvalue weighted by Gasteiger charge is -2.15. The van der Waals surface area contributed by atoms with E-state index in [2.05, 4.69) is 5.32 Å². The summed E-state index contributed by atoms with van der Waals surface area (Å²) in [5.41, 5.74) is 0.100. The number of rotatable bonds is 6. The molecule has 0 aliphatic heterocycles. The van der Waals surface area contributed by atoms with Gasteiger partial charge in [0.15, 0.2) is 0 Å². The summed E-state index contributed by atoms with van der Waals surface area (Å²) in [7, 11) is -2.88. The molecule has 0 saturated carbocycles. The zero-order valence-electron chi connectivity index (χ0n) is 14.6. The Labute approximate surface area is 163 Å². The fourth-order valence-corrected chi connectivity index (χ4v) is 3.89. The molecular formula is C16H16ClF4N3O3S. The lowest BCUT2D eigenvalue weighted by Crippen LogP contribution is -2.35. The largest absolute Gasteiger partial charge is 0.390 e. The van der Waals surface area contributed by atoms with E-state index in [1.165, 1.54) is 23.7 Å². The van der Waals surface area contributed by atoms with Crippen molar-refractivity contribution in [3.05, 3.63) is 47.0 Å². The van der Waals surface area contributed by atoms with Crippen LogP contribution in [0.4, 0.5) is 23.2 Å². The van der Waals surface area contributed by atoms with E-state index in [9.17, 15) is 30.8 Å². The molecule has 2 aromatic rings. The molecule has 0 aliphatic rings. The Morgan fingerprint density at radius 1 is 1.29 bits per heavy atom. The predicted molar refractivity (Wildman–Crippen MR) is 95.2 cm³/mol. The van der Waals surface area contributed by atoms with Crippen LogP contribution in [0.5, 0.6) is 0 Å². The van der Waals surface area contributed by atoms with E-state index < -0.39 is 40.4 Å². The molecule has 0 saturated heterocycles. The fourth-order valence-electron chi connectivity index (χ4n) is 2.40. The third-order valence-corrected chi connectivity index (χ3v) is 5.44. The summed E-state index contributed by atoms with van der Waals surface area (Å²) in [6, 6.07) is 3.12. The molecule has 0 radical (unpaired) electrons. The van der Waals surface area contributed by atoms with Gasteiger partial charge in [0.25, 0.3) is 5.91 Å². The molecule has 2 N–H and O–H groups in total. The van der Waals surface area contributed by atoms with Gasteiger partial charge in [-0.15, -0.1) is 0 Å². The lowest BCUT2D eigenvalue weighted by atomic mass is 10.2. The summed E-state index contributed by atoms with van der Waals surface area (Å²) < 4.78 is 78.0. The average molecular weight is 442 g/mol. The summed E-state index contributed by atoms with van der Waals surface area (Å²) in [5.74, 6) is -1.39. The van der Waals surface area contributed by atoms with Crippen molar-refractivity contribution < 1.29 is 30.8 Å². The molecule has 28 heavy (non-hydrogen) atoms. The third kappa shape index (κ3) is 5.69. The lowest BCUT2D eigenvalue weighted by molar-refractivity contribution is -0.137. The normalized spacial score (nSPS) is 13.4. The Morgan fingerprint density at radius 3 is 2.50 bits per heavy atom. The van der Waals surface area contributed by atoms with Gasteiger partial charge in [-0.25, -0.2) is 17.5 Å². The molecule has 12 heteroatoms. The van der Waals surface area contributed by atoms with E-state index in [-0.39, 0.29) is 21.3 Å². The summed E-state index contributed by atoms with van der Waals surface area (Å²) in [5, 5.41) is 2.22. The molecule has 0 spiro atoms. The highest BCUT2D eigenvalue weighted by Crippen LogP contribution is 2.23. The van der Waals surface area contributed by atoms with Crippen molar-refractivity contribution in [2.75, 3.05) is 5.32 Å². The Bertz CT molecular complexity index is 990. The maximum absolute atomic E-state index is 13.2. The summed E-state index contributed by atoms with van der Waals surface area (Å²) in [6.07, 6.45) is -4.77. The molecule has 6 nitrogen and oxygen atoms in total. The number of sulfonamides is 1. The number of nitrogens with zero attached hydrogens (tertiary/aromatic N) is 1. The highest BCUT2D eigenvalue weighted by molar-refractivity contribution is 7.89. The second kappa shape index (κ2) is 8.10. The maximum atomic E-state index is 13.2. The monoisotopic (exact) mass is 441 g/mol. The molecule has 1 heterocycles. The zero-order valence-corrected chi connectivity index (χ0v) is 16.2. The second-order valence-electron chi connectivity index (χ2n) is 6.10. The van der Waals surface area contributed by atoms with E-state index in [0.717, 1.165) is 25.3 Å². The van der Waals surface area contributed by atoms with E-state index in [1.54, 1.807) is 0 Å². The van der Waals surface area contributed by atoms with Gasteiger partial charge in [0.05, 0.1) is 11.4 Å². The van der Waals surface area contributed by atoms with Gasteiger partial charge in [-0.1, -0.05) is 11.6 Å². The highest BCUT2D eigenvalue weighted by Gasteiger charge is 2.32. The number of anilines is 1. The van der Waals surface area contributed by atoms with Gasteiger partial charge in [0, 0.05) is 25.0 Å². The van der Waals surface area contributed by atoms with Crippen LogP contribution in [0.1, 0.15) is 23.8 Å². The van der Waals surface area contributed by atoms with Crippen LogP contribution < -0.4 is 10.0 Å². The average Bonchev–Trinajstić information content (AvgIpc) is 2.91. The number of carbonyl (C=O) groups is 1. The molecule has 1 aromatic carbocycles. The standard InChI is InChI=1S/C16H16ClF4N3O3S/c1-9(7-16(19,20)21)23-28(26,27)11-6-14(24(2)8-11)15(25)22-10-3-4-13(18)12(17)5-10/h3-6,8-9,23H,7H2,1-2H3,(H,22,25)/t9-/m0/s1. The van der Waals surface area contributed by atoms with Crippen LogP contribution in [0.15, 0.2) is 35.4 Å². The van der Waals surface area contributed by atoms with Crippen LogP contribution >= 0.6 is 11.6 Å². The molecule has 1 aromatic heterocycles. The van der Waals surface area contributed by atoms with Gasteiger partial charge in [-0.2, -0.15) is 13.2 Å². The van der Waals surface area contributed by atoms with Crippen molar-refractivity contribution in [2.24, 2.45) is 7.05 Å². The van der Waals surface area contributed by atoms with E-state index >= 15 is 0 Å². The number of benzene rings is 1. The van der Waals surface area contributed by atoms with Crippen molar-refractivity contribution in [3.8, 4) is 0 Å². The van der Waals surface area contributed by atoms with Crippen LogP contribution in [0.3, 0.4) is 0 Å². The maximum Gasteiger partial charge on any atom is 0.390 e. The Hall–Kier alpha value is -2.11. The first-order valence-electron chi connectivity index (χ1n) is 7.80. The predicted octanol–water partition coefficient (Wildman–Crippen LogP) is 3.69. The molecule has 1 atom stereocenters. The van der Waals surface area contributed by atoms with Crippen molar-refractivity contribution in [3.63, 3.8) is 0 Å². The topological polar surface area (TPSA) is 80.2 Å². The van der Waals surface area contributed by atoms with Crippen molar-refractivity contribution in [1.82, 2.24) is 9.29 Å². The van der Waals surface area contributed by atoms with E-state index in [1.807, 2.05) is 4.72 Å². The van der Waals surface area contributed by atoms with Crippen molar-refractivity contribution in [2.45, 2.75) is 30.5 Å². The van der Waals surface area contributed by atoms with Crippen LogP contribution in [-0.2, 0) is 17.1 Å². The molecule has 1 amide bonds. The van der Waals surface area contributed by atoms with Crippen LogP contribution in [0.2, 0.25) is 5.02 Å². The molecule has 0 unspecified atom stereocenters. The Morgan fingerprint density at radius 2 is 1.93 bits per heavy atom. The highest BCUT2D eigenvalue weighted by atomic mass is 35.5. The molecule has 154 valence electrons. The van der Waals surface area contributed by atoms with Crippen LogP contribution in [-0.4, -0.2) is 31.1 Å². The smallest absolute Gasteiger partial charge is 0.345 e. The number of halogens is 5. The molecule has 0 fully saturated rings. The molecule has 2 rings (SSSR count). The van der Waals surface area contributed by atoms with Gasteiger partial charge >= 0.3 is 6.18 Å². The first kappa shape index (κ1) is 22.2. The van der Waals surface area contributed by atoms with Gasteiger partial charge in [0.2, 0.25) is 10.0 Å². The van der Waals surface area contributed by atoms with Gasteiger partial charge in [0.1, 0.15) is 16.4 Å². The third-order valence-electron chi connectivity index (χ3n) is 3.59. The second-order valence-corrected chi connectivity index (χ2v) is 8.22. The van der Waals surface area contributed by atoms with Crippen molar-refractivity contribution >= 4 is 33.2 Å². The SMILES string of the molecule is C[C@@H](CC(F)(F)F)NS(=O)(=O)c1cc(C(=O)Nc2ccc(F)c(Cl)c2)n(C)c1. The summed E-state index contributed by atoms with van der Waals surface area (Å²) in [4.78, 5) is 12.0. The minimum atomic E-state index is -4.53. The number of amides is 1. The quantitative estimate of drug-likeness (QED) is 0.671. The number of aryl methyl sites for hydroxylation is 1. The molecule has 0 bridgehead atoms. The van der Waals surface area contributed by atoms with Crippen LogP contribution in [0.25, 0.3) is 0 Å². The van der Waals surface area contributed by atoms with Gasteiger partial charge < -0.3 is 9.88 Å². The number of hydrogen-bond donors (Lipinski definition) is 2. The van der Waals surface area contributed by atoms with E-state index in [0.29, 0.717) is 0 Å². The summed E-state index contributed by atoms with van der Waals surface area (Å²) in [6.45, 7) is 1.08. The number of hydrogen-bond acceptors (Lipinski definition) is 3. The minimum absolute atomic E-state index is 0.0794. The number of carbonyl (C=O) groups excluding carboxylic acids is 1. The fraction of sp³-hybridized carbons (Fsp3) is 0.312. The Balaban J connectivity index is 2.19. The zero-order chi connectivity index (χ0) is 21.3. The van der Waals surface area contributed by atoms with Gasteiger partial charge in [-0.05, 0) is 31.2 Å². The molecule has 0 aliphatic carbocycles. The molecular weight excluding hydrogens is 426 g/mol. The van der Waals surface area contributed by atoms with E-state index in [4.69, 9.17) is 11.6 Å². The van der Waals surface area contributed by atoms with Gasteiger partial charge in [-0.3, -0.25) is 4.79 Å². The number of alkyl halides is 3. The number of nitrogens with one attached hydrogen (secondary N) is 2. The summed E-state index contributed by atoms with van der Waals surface area (Å²) >= 11 is 5.63. The number of aromatic nitrogens is 1. The van der Waals surface area contributed by atoms with Crippen molar-refractivity contribution in [1.29, 1.82) is 0 Å². The minimum Gasteiger partial charge on any atom is -0.345 e. The first-order chi connectivity index (χ1) is 12.8. The Kier molecular flexibility index (Phi) is 6.41.